The molecule has 6 rings (SSSR count). The SMILES string of the molecule is Cn1cc(Cn2cc(Cc3cn(CCCC(=O)N4CCN(c5ccc(C(F)(F)F)cc5)CC4)c(SCc4ccc(F)cc4)nc3=O)cnc2=O)cn1. The zero-order chi connectivity index (χ0) is 36.8. The number of nitrogens with zero attached hydrogens (tertiary/aromatic N) is 8. The van der Waals surface area contributed by atoms with Crippen LogP contribution in [0.5, 0.6) is 0 Å². The predicted molar refractivity (Wildman–Crippen MR) is 188 cm³/mol. The van der Waals surface area contributed by atoms with Gasteiger partial charge in [0.25, 0.3) is 5.56 Å². The summed E-state index contributed by atoms with van der Waals surface area (Å²) in [6, 6.07) is 11.1. The first-order chi connectivity index (χ1) is 24.9. The number of hydrogen-bond donors (Lipinski definition) is 0. The molecule has 0 unspecified atom stereocenters. The number of aryl methyl sites for hydroxylation is 2. The van der Waals surface area contributed by atoms with Gasteiger partial charge in [-0.2, -0.15) is 23.3 Å². The third-order valence-corrected chi connectivity index (χ3v) is 9.77. The summed E-state index contributed by atoms with van der Waals surface area (Å²) in [5.41, 5.74) is 1.83. The smallest absolute Gasteiger partial charge is 0.368 e. The fourth-order valence-electron chi connectivity index (χ4n) is 5.96. The standard InChI is InChI=1S/C36H36F4N8O3S/c1-44-20-27(19-42-44)22-48-21-26(18-41-34(48)51)17-28-23-47(35(43-33(28)50)52-24-25-4-8-30(37)9-5-25)12-2-3-32(49)46-15-13-45(14-16-46)31-10-6-29(7-11-31)36(38,39)40/h4-11,18-21,23H,2-3,12-17,22,24H2,1H3. The van der Waals surface area contributed by atoms with Crippen LogP contribution < -0.4 is 16.1 Å². The molecule has 4 heterocycles. The molecule has 2 aromatic carbocycles. The van der Waals surface area contributed by atoms with E-state index in [0.717, 1.165) is 23.3 Å². The Bertz CT molecular complexity index is 2120. The Morgan fingerprint density at radius 1 is 0.865 bits per heavy atom. The van der Waals surface area contributed by atoms with Crippen LogP contribution in [0, 0.1) is 5.82 Å². The van der Waals surface area contributed by atoms with Gasteiger partial charge in [0.05, 0.1) is 18.3 Å². The molecule has 0 radical (unpaired) electrons. The minimum Gasteiger partial charge on any atom is -0.368 e. The van der Waals surface area contributed by atoms with E-state index in [-0.39, 0.29) is 31.1 Å². The van der Waals surface area contributed by atoms with Gasteiger partial charge in [0, 0.05) is 100.0 Å². The van der Waals surface area contributed by atoms with Crippen LogP contribution in [0.1, 0.15) is 40.7 Å². The van der Waals surface area contributed by atoms with E-state index < -0.39 is 23.0 Å². The van der Waals surface area contributed by atoms with E-state index in [1.807, 2.05) is 9.47 Å². The molecule has 11 nitrogen and oxygen atoms in total. The lowest BCUT2D eigenvalue weighted by Crippen LogP contribution is -2.48. The highest BCUT2D eigenvalue weighted by Crippen LogP contribution is 2.31. The first-order valence-electron chi connectivity index (χ1n) is 16.6. The lowest BCUT2D eigenvalue weighted by atomic mass is 10.1. The number of piperazine rings is 1. The van der Waals surface area contributed by atoms with E-state index >= 15 is 0 Å². The quantitative estimate of drug-likeness (QED) is 0.103. The number of amides is 1. The third kappa shape index (κ3) is 9.34. The van der Waals surface area contributed by atoms with Crippen LogP contribution >= 0.6 is 11.8 Å². The summed E-state index contributed by atoms with van der Waals surface area (Å²) in [6.45, 7) is 2.55. The average molecular weight is 737 g/mol. The molecule has 0 N–H and O–H groups in total. The molecule has 1 saturated heterocycles. The zero-order valence-corrected chi connectivity index (χ0v) is 29.1. The molecule has 1 aliphatic heterocycles. The Morgan fingerprint density at radius 2 is 1.60 bits per heavy atom. The fraction of sp³-hybridized carbons (Fsp3) is 0.333. The maximum Gasteiger partial charge on any atom is 0.416 e. The number of aromatic nitrogens is 6. The zero-order valence-electron chi connectivity index (χ0n) is 28.3. The fourth-order valence-corrected chi connectivity index (χ4v) is 6.90. The Morgan fingerprint density at radius 3 is 2.27 bits per heavy atom. The van der Waals surface area contributed by atoms with Crippen molar-refractivity contribution >= 4 is 23.4 Å². The van der Waals surface area contributed by atoms with Crippen LogP contribution in [0.25, 0.3) is 0 Å². The van der Waals surface area contributed by atoms with Crippen molar-refractivity contribution in [2.75, 3.05) is 31.1 Å². The molecule has 3 aromatic heterocycles. The second-order valence-electron chi connectivity index (χ2n) is 12.6. The summed E-state index contributed by atoms with van der Waals surface area (Å²) in [6.07, 6.45) is 4.79. The molecule has 0 saturated carbocycles. The van der Waals surface area contributed by atoms with Gasteiger partial charge in [-0.1, -0.05) is 23.9 Å². The van der Waals surface area contributed by atoms with Crippen molar-refractivity contribution in [3.63, 3.8) is 0 Å². The van der Waals surface area contributed by atoms with Gasteiger partial charge in [-0.15, -0.1) is 0 Å². The van der Waals surface area contributed by atoms with Gasteiger partial charge in [0.1, 0.15) is 5.82 Å². The number of alkyl halides is 3. The topological polar surface area (TPSA) is 111 Å². The van der Waals surface area contributed by atoms with Gasteiger partial charge in [-0.05, 0) is 53.9 Å². The maximum atomic E-state index is 13.5. The predicted octanol–water partition coefficient (Wildman–Crippen LogP) is 4.75. The van der Waals surface area contributed by atoms with Gasteiger partial charge < -0.3 is 14.4 Å². The first kappa shape index (κ1) is 36.5. The summed E-state index contributed by atoms with van der Waals surface area (Å²) >= 11 is 1.33. The van der Waals surface area contributed by atoms with Crippen molar-refractivity contribution in [2.45, 2.75) is 49.4 Å². The molecule has 52 heavy (non-hydrogen) atoms. The van der Waals surface area contributed by atoms with Gasteiger partial charge in [0.15, 0.2) is 5.16 Å². The monoisotopic (exact) mass is 736 g/mol. The van der Waals surface area contributed by atoms with Gasteiger partial charge in [-0.3, -0.25) is 18.8 Å². The van der Waals surface area contributed by atoms with E-state index in [0.29, 0.717) is 66.9 Å². The lowest BCUT2D eigenvalue weighted by Gasteiger charge is -2.36. The average Bonchev–Trinajstić information content (AvgIpc) is 3.54. The van der Waals surface area contributed by atoms with E-state index in [9.17, 15) is 31.9 Å². The number of rotatable bonds is 12. The summed E-state index contributed by atoms with van der Waals surface area (Å²) in [4.78, 5) is 51.0. The summed E-state index contributed by atoms with van der Waals surface area (Å²) in [7, 11) is 1.78. The van der Waals surface area contributed by atoms with E-state index in [1.165, 1.54) is 46.8 Å². The lowest BCUT2D eigenvalue weighted by molar-refractivity contribution is -0.137. The van der Waals surface area contributed by atoms with Gasteiger partial charge in [0.2, 0.25) is 5.91 Å². The summed E-state index contributed by atoms with van der Waals surface area (Å²) < 4.78 is 57.3. The van der Waals surface area contributed by atoms with Crippen molar-refractivity contribution in [1.82, 2.24) is 33.8 Å². The Kier molecular flexibility index (Phi) is 11.2. The van der Waals surface area contributed by atoms with Crippen LogP contribution in [0.3, 0.4) is 0 Å². The van der Waals surface area contributed by atoms with E-state index in [1.54, 1.807) is 53.5 Å². The van der Waals surface area contributed by atoms with Gasteiger partial charge in [-0.25, -0.2) is 14.2 Å². The molecule has 0 bridgehead atoms. The number of anilines is 1. The molecule has 1 fully saturated rings. The highest BCUT2D eigenvalue weighted by Gasteiger charge is 2.30. The normalized spacial score (nSPS) is 13.5. The van der Waals surface area contributed by atoms with Crippen LogP contribution in [-0.4, -0.2) is 65.9 Å². The van der Waals surface area contributed by atoms with E-state index in [4.69, 9.17) is 0 Å². The minimum absolute atomic E-state index is 0.0382. The second-order valence-corrected chi connectivity index (χ2v) is 13.5. The number of thioether (sulfide) groups is 1. The molecular weight excluding hydrogens is 701 g/mol. The van der Waals surface area contributed by atoms with Crippen LogP contribution in [0.4, 0.5) is 23.2 Å². The maximum absolute atomic E-state index is 13.5. The first-order valence-corrected chi connectivity index (χ1v) is 17.6. The highest BCUT2D eigenvalue weighted by atomic mass is 32.2. The molecular formula is C36H36F4N8O3S. The number of carbonyl (C=O) groups is 1. The van der Waals surface area contributed by atoms with E-state index in [2.05, 4.69) is 15.1 Å². The number of carbonyl (C=O) groups excluding carboxylic acids is 1. The van der Waals surface area contributed by atoms with Crippen molar-refractivity contribution < 1.29 is 22.4 Å². The van der Waals surface area contributed by atoms with Crippen LogP contribution in [0.15, 0.2) is 94.3 Å². The summed E-state index contributed by atoms with van der Waals surface area (Å²) in [5.74, 6) is 0.0565. The molecule has 0 spiro atoms. The number of hydrogen-bond acceptors (Lipinski definition) is 8. The molecule has 1 amide bonds. The molecule has 0 aliphatic carbocycles. The van der Waals surface area contributed by atoms with Crippen molar-refractivity contribution in [3.8, 4) is 0 Å². The number of benzene rings is 2. The minimum atomic E-state index is -4.40. The van der Waals surface area contributed by atoms with Crippen molar-refractivity contribution in [1.29, 1.82) is 0 Å². The highest BCUT2D eigenvalue weighted by molar-refractivity contribution is 7.98. The van der Waals surface area contributed by atoms with Gasteiger partial charge >= 0.3 is 11.9 Å². The Labute approximate surface area is 300 Å². The Balaban J connectivity index is 1.12. The van der Waals surface area contributed by atoms with Crippen molar-refractivity contribution in [2.24, 2.45) is 7.05 Å². The largest absolute Gasteiger partial charge is 0.416 e. The second kappa shape index (κ2) is 16.0. The summed E-state index contributed by atoms with van der Waals surface area (Å²) in [5, 5.41) is 4.59. The molecule has 1 aliphatic rings. The molecule has 272 valence electrons. The third-order valence-electron chi connectivity index (χ3n) is 8.71. The van der Waals surface area contributed by atoms with Crippen molar-refractivity contribution in [3.05, 3.63) is 134 Å². The molecule has 5 aromatic rings. The van der Waals surface area contributed by atoms with Crippen LogP contribution in [-0.2, 0) is 43.3 Å². The van der Waals surface area contributed by atoms with Crippen LogP contribution in [0.2, 0.25) is 0 Å². The number of halogens is 4. The Hall–Kier alpha value is -5.25. The molecule has 16 heteroatoms. The molecule has 0 atom stereocenters.